The second kappa shape index (κ2) is 10.1. The van der Waals surface area contributed by atoms with Gasteiger partial charge in [-0.15, -0.1) is 0 Å². The molecular weight excluding hydrogens is 404 g/mol. The Kier molecular flexibility index (Phi) is 7.30. The lowest BCUT2D eigenvalue weighted by Crippen LogP contribution is -2.42. The van der Waals surface area contributed by atoms with Crippen LogP contribution < -0.4 is 15.4 Å². The first-order valence-electron chi connectivity index (χ1n) is 9.83. The maximum Gasteiger partial charge on any atom is 0.315 e. The zero-order chi connectivity index (χ0) is 21.5. The molecule has 7 nitrogen and oxygen atoms in total. The van der Waals surface area contributed by atoms with E-state index < -0.39 is 0 Å². The smallest absolute Gasteiger partial charge is 0.315 e. The van der Waals surface area contributed by atoms with E-state index >= 15 is 0 Å². The molecule has 0 aliphatic carbocycles. The van der Waals surface area contributed by atoms with E-state index in [1.807, 2.05) is 49.4 Å². The predicted octanol–water partition coefficient (Wildman–Crippen LogP) is 3.74. The van der Waals surface area contributed by atoms with Crippen molar-refractivity contribution in [2.24, 2.45) is 5.10 Å². The van der Waals surface area contributed by atoms with E-state index in [0.717, 1.165) is 29.0 Å². The fourth-order valence-electron chi connectivity index (χ4n) is 3.22. The molecule has 158 valence electrons. The first-order chi connectivity index (χ1) is 14.5. The predicted molar refractivity (Wildman–Crippen MR) is 117 cm³/mol. The molecule has 0 saturated carbocycles. The highest BCUT2D eigenvalue weighted by Gasteiger charge is 2.33. The molecule has 3 rings (SSSR count). The monoisotopic (exact) mass is 428 g/mol. The number of carbonyl (C=O) groups is 2. The van der Waals surface area contributed by atoms with Crippen molar-refractivity contribution in [3.05, 3.63) is 64.7 Å². The number of amides is 3. The van der Waals surface area contributed by atoms with E-state index in [0.29, 0.717) is 18.0 Å². The van der Waals surface area contributed by atoms with E-state index in [-0.39, 0.29) is 24.5 Å². The van der Waals surface area contributed by atoms with Gasteiger partial charge in [0.1, 0.15) is 12.3 Å². The number of ether oxygens (including phenoxy) is 1. The number of urea groups is 1. The first kappa shape index (κ1) is 21.6. The number of benzene rings is 2. The number of nitrogens with zero attached hydrogens (tertiary/aromatic N) is 2. The number of hydrogen-bond acceptors (Lipinski definition) is 4. The summed E-state index contributed by atoms with van der Waals surface area (Å²) in [7, 11) is 1.61. The number of halogens is 1. The van der Waals surface area contributed by atoms with Gasteiger partial charge in [0.25, 0.3) is 5.91 Å². The van der Waals surface area contributed by atoms with Gasteiger partial charge in [-0.05, 0) is 30.2 Å². The molecular formula is C22H25ClN4O3. The molecule has 1 atom stereocenters. The van der Waals surface area contributed by atoms with Gasteiger partial charge in [0, 0.05) is 23.6 Å². The van der Waals surface area contributed by atoms with E-state index in [4.69, 9.17) is 16.3 Å². The van der Waals surface area contributed by atoms with Crippen molar-refractivity contribution in [2.75, 3.05) is 20.2 Å². The van der Waals surface area contributed by atoms with E-state index in [2.05, 4.69) is 15.7 Å². The molecule has 8 heteroatoms. The zero-order valence-corrected chi connectivity index (χ0v) is 17.8. The Morgan fingerprint density at radius 3 is 2.57 bits per heavy atom. The Labute approximate surface area is 181 Å². The highest BCUT2D eigenvalue weighted by molar-refractivity contribution is 6.34. The van der Waals surface area contributed by atoms with Crippen LogP contribution in [0.25, 0.3) is 0 Å². The quantitative estimate of drug-likeness (QED) is 0.704. The minimum absolute atomic E-state index is 0.151. The van der Waals surface area contributed by atoms with Gasteiger partial charge in [0.2, 0.25) is 0 Å². The Bertz CT molecular complexity index is 930. The van der Waals surface area contributed by atoms with Crippen molar-refractivity contribution < 1.29 is 14.3 Å². The van der Waals surface area contributed by atoms with Crippen LogP contribution in [-0.2, 0) is 4.79 Å². The summed E-state index contributed by atoms with van der Waals surface area (Å²) in [5, 5.41) is 11.9. The number of methoxy groups -OCH3 is 1. The molecule has 0 spiro atoms. The van der Waals surface area contributed by atoms with Gasteiger partial charge >= 0.3 is 6.03 Å². The molecule has 1 heterocycles. The summed E-state index contributed by atoms with van der Waals surface area (Å²) < 4.78 is 5.23. The summed E-state index contributed by atoms with van der Waals surface area (Å²) in [6, 6.07) is 14.3. The van der Waals surface area contributed by atoms with Gasteiger partial charge in [-0.25, -0.2) is 9.80 Å². The third kappa shape index (κ3) is 5.10. The average molecular weight is 429 g/mol. The zero-order valence-electron chi connectivity index (χ0n) is 17.0. The summed E-state index contributed by atoms with van der Waals surface area (Å²) in [5.41, 5.74) is 2.44. The Morgan fingerprint density at radius 1 is 1.17 bits per heavy atom. The van der Waals surface area contributed by atoms with Gasteiger partial charge in [-0.2, -0.15) is 5.10 Å². The van der Waals surface area contributed by atoms with Crippen LogP contribution in [0.5, 0.6) is 5.75 Å². The standard InChI is InChI=1S/C22H25ClN4O3/c1-3-12-24-22(29)25-14-21(28)27-20(15-8-10-16(30-2)11-9-15)13-19(26-27)17-6-4-5-7-18(17)23/h4-11,20H,3,12-14H2,1-2H3,(H2,24,25,29)/t20-/m0/s1. The van der Waals surface area contributed by atoms with Crippen LogP contribution in [0.3, 0.4) is 0 Å². The fraction of sp³-hybridized carbons (Fsp3) is 0.318. The maximum atomic E-state index is 12.9. The topological polar surface area (TPSA) is 83.0 Å². The lowest BCUT2D eigenvalue weighted by atomic mass is 9.98. The first-order valence-corrected chi connectivity index (χ1v) is 10.2. The summed E-state index contributed by atoms with van der Waals surface area (Å²) in [6.45, 7) is 2.36. The third-order valence-electron chi connectivity index (χ3n) is 4.79. The van der Waals surface area contributed by atoms with Crippen molar-refractivity contribution in [3.8, 4) is 5.75 Å². The highest BCUT2D eigenvalue weighted by atomic mass is 35.5. The second-order valence-corrected chi connectivity index (χ2v) is 7.27. The maximum absolute atomic E-state index is 12.9. The summed E-state index contributed by atoms with van der Waals surface area (Å²) in [4.78, 5) is 24.7. The van der Waals surface area contributed by atoms with Crippen molar-refractivity contribution in [3.63, 3.8) is 0 Å². The molecule has 0 unspecified atom stereocenters. The molecule has 2 aromatic carbocycles. The number of hydrazone groups is 1. The molecule has 30 heavy (non-hydrogen) atoms. The van der Waals surface area contributed by atoms with Gasteiger partial charge < -0.3 is 15.4 Å². The summed E-state index contributed by atoms with van der Waals surface area (Å²) >= 11 is 6.35. The van der Waals surface area contributed by atoms with Crippen LogP contribution in [0.1, 0.15) is 36.9 Å². The normalized spacial score (nSPS) is 15.5. The fourth-order valence-corrected chi connectivity index (χ4v) is 3.47. The molecule has 0 bridgehead atoms. The van der Waals surface area contributed by atoms with Crippen LogP contribution in [-0.4, -0.2) is 42.9 Å². The lowest BCUT2D eigenvalue weighted by molar-refractivity contribution is -0.131. The van der Waals surface area contributed by atoms with Gasteiger partial charge in [0.15, 0.2) is 0 Å². The highest BCUT2D eigenvalue weighted by Crippen LogP contribution is 2.34. The Morgan fingerprint density at radius 2 is 1.90 bits per heavy atom. The molecule has 1 aliphatic heterocycles. The summed E-state index contributed by atoms with van der Waals surface area (Å²) in [5.74, 6) is 0.431. The molecule has 1 aliphatic rings. The van der Waals surface area contributed by atoms with E-state index in [9.17, 15) is 9.59 Å². The molecule has 0 radical (unpaired) electrons. The van der Waals surface area contributed by atoms with Crippen molar-refractivity contribution in [1.82, 2.24) is 15.6 Å². The van der Waals surface area contributed by atoms with Crippen LogP contribution in [0.2, 0.25) is 5.02 Å². The molecule has 0 aromatic heterocycles. The largest absolute Gasteiger partial charge is 0.497 e. The molecule has 0 fully saturated rings. The average Bonchev–Trinajstić information content (AvgIpc) is 3.21. The minimum atomic E-state index is -0.374. The van der Waals surface area contributed by atoms with Crippen molar-refractivity contribution >= 4 is 29.3 Å². The molecule has 2 aromatic rings. The van der Waals surface area contributed by atoms with Gasteiger partial charge in [0.05, 0.1) is 18.9 Å². The SMILES string of the molecule is CCCNC(=O)NCC(=O)N1N=C(c2ccccc2Cl)C[C@H]1c1ccc(OC)cc1. The van der Waals surface area contributed by atoms with Crippen LogP contribution in [0.4, 0.5) is 4.79 Å². The Balaban J connectivity index is 1.82. The second-order valence-electron chi connectivity index (χ2n) is 6.87. The van der Waals surface area contributed by atoms with Crippen molar-refractivity contribution in [1.29, 1.82) is 0 Å². The minimum Gasteiger partial charge on any atom is -0.497 e. The van der Waals surface area contributed by atoms with Gasteiger partial charge in [-0.3, -0.25) is 4.79 Å². The molecule has 0 saturated heterocycles. The Hall–Kier alpha value is -3.06. The number of hydrogen-bond donors (Lipinski definition) is 2. The van der Waals surface area contributed by atoms with Crippen LogP contribution in [0.15, 0.2) is 53.6 Å². The van der Waals surface area contributed by atoms with E-state index in [1.165, 1.54) is 5.01 Å². The van der Waals surface area contributed by atoms with E-state index in [1.54, 1.807) is 13.2 Å². The molecule has 3 amide bonds. The van der Waals surface area contributed by atoms with Gasteiger partial charge in [-0.1, -0.05) is 48.9 Å². The van der Waals surface area contributed by atoms with Crippen LogP contribution in [0, 0.1) is 0 Å². The third-order valence-corrected chi connectivity index (χ3v) is 5.12. The molecule has 2 N–H and O–H groups in total. The lowest BCUT2D eigenvalue weighted by Gasteiger charge is -2.22. The number of rotatable bonds is 7. The summed E-state index contributed by atoms with van der Waals surface area (Å²) in [6.07, 6.45) is 1.34. The number of nitrogens with one attached hydrogen (secondary N) is 2. The van der Waals surface area contributed by atoms with Crippen LogP contribution >= 0.6 is 11.6 Å². The number of carbonyl (C=O) groups excluding carboxylic acids is 2. The van der Waals surface area contributed by atoms with Crippen molar-refractivity contribution in [2.45, 2.75) is 25.8 Å².